The molecule has 206 valence electrons. The molecule has 4 aromatic carbocycles. The van der Waals surface area contributed by atoms with Gasteiger partial charge in [-0.3, -0.25) is 10.9 Å². The highest BCUT2D eigenvalue weighted by Crippen LogP contribution is 2.13. The molecule has 0 aromatic heterocycles. The maximum atomic E-state index is 5.72. The molecule has 0 saturated heterocycles. The van der Waals surface area contributed by atoms with Gasteiger partial charge in [0.2, 0.25) is 0 Å². The van der Waals surface area contributed by atoms with Crippen LogP contribution in [0.2, 0.25) is 0 Å². The van der Waals surface area contributed by atoms with E-state index in [1.54, 1.807) is 12.4 Å². The van der Waals surface area contributed by atoms with Crippen molar-refractivity contribution < 1.29 is 18.9 Å². The molecule has 2 N–H and O–H groups in total. The quantitative estimate of drug-likeness (QED) is 0.0964. The molecule has 8 heteroatoms. The van der Waals surface area contributed by atoms with Crippen LogP contribution in [-0.4, -0.2) is 52.1 Å². The summed E-state index contributed by atoms with van der Waals surface area (Å²) in [6.07, 6.45) is 3.53. The van der Waals surface area contributed by atoms with Crippen LogP contribution in [0.15, 0.2) is 119 Å². The first-order chi connectivity index (χ1) is 19.8. The maximum absolute atomic E-state index is 5.72. The van der Waals surface area contributed by atoms with E-state index in [9.17, 15) is 0 Å². The molecule has 0 amide bonds. The third-order valence-corrected chi connectivity index (χ3v) is 5.49. The topological polar surface area (TPSA) is 85.7 Å². The van der Waals surface area contributed by atoms with Gasteiger partial charge >= 0.3 is 0 Å². The van der Waals surface area contributed by atoms with Crippen molar-refractivity contribution in [1.82, 2.24) is 0 Å². The zero-order valence-corrected chi connectivity index (χ0v) is 22.3. The lowest BCUT2D eigenvalue weighted by Gasteiger charge is -2.09. The van der Waals surface area contributed by atoms with E-state index < -0.39 is 0 Å². The van der Waals surface area contributed by atoms with E-state index in [0.717, 1.165) is 34.0 Å². The molecule has 0 aliphatic carbocycles. The molecule has 0 aliphatic rings. The van der Waals surface area contributed by atoms with Crippen molar-refractivity contribution in [3.05, 3.63) is 120 Å². The van der Waals surface area contributed by atoms with Crippen LogP contribution in [0.4, 0.5) is 11.4 Å². The van der Waals surface area contributed by atoms with E-state index in [1.807, 2.05) is 109 Å². The second kappa shape index (κ2) is 17.0. The average Bonchev–Trinajstić information content (AvgIpc) is 3.01. The third-order valence-electron chi connectivity index (χ3n) is 5.49. The lowest BCUT2D eigenvalue weighted by atomic mass is 10.2. The highest BCUT2D eigenvalue weighted by molar-refractivity contribution is 5.81. The highest BCUT2D eigenvalue weighted by Gasteiger charge is 1.97. The van der Waals surface area contributed by atoms with E-state index in [0.29, 0.717) is 39.6 Å². The summed E-state index contributed by atoms with van der Waals surface area (Å²) in [5.41, 5.74) is 9.83. The van der Waals surface area contributed by atoms with Crippen molar-refractivity contribution in [2.75, 3.05) is 50.5 Å². The Balaban J connectivity index is 0.984. The fourth-order valence-electron chi connectivity index (χ4n) is 3.45. The van der Waals surface area contributed by atoms with E-state index in [1.165, 1.54) is 0 Å². The van der Waals surface area contributed by atoms with Gasteiger partial charge in [0.15, 0.2) is 0 Å². The third kappa shape index (κ3) is 11.0. The van der Waals surface area contributed by atoms with Gasteiger partial charge in [-0.15, -0.1) is 0 Å². The first-order valence-corrected chi connectivity index (χ1v) is 13.1. The lowest BCUT2D eigenvalue weighted by Crippen LogP contribution is -2.13. The van der Waals surface area contributed by atoms with Crippen LogP contribution in [-0.2, 0) is 9.47 Å². The van der Waals surface area contributed by atoms with E-state index in [2.05, 4.69) is 21.1 Å². The molecule has 0 spiro atoms. The molecular formula is C32H34N4O4. The molecular weight excluding hydrogens is 504 g/mol. The van der Waals surface area contributed by atoms with Crippen LogP contribution >= 0.6 is 0 Å². The number of anilines is 2. The smallest absolute Gasteiger partial charge is 0.119 e. The van der Waals surface area contributed by atoms with Gasteiger partial charge in [0.05, 0.1) is 50.2 Å². The van der Waals surface area contributed by atoms with Gasteiger partial charge in [-0.25, -0.2) is 0 Å². The molecule has 0 fully saturated rings. The zero-order valence-electron chi connectivity index (χ0n) is 22.3. The Morgan fingerprint density at radius 2 is 0.825 bits per heavy atom. The predicted octanol–water partition coefficient (Wildman–Crippen LogP) is 6.07. The molecule has 0 heterocycles. The van der Waals surface area contributed by atoms with Crippen LogP contribution in [0.3, 0.4) is 0 Å². The Hall–Kier alpha value is -4.66. The summed E-state index contributed by atoms with van der Waals surface area (Å²) < 4.78 is 22.6. The maximum Gasteiger partial charge on any atom is 0.119 e. The Kier molecular flexibility index (Phi) is 12.1. The van der Waals surface area contributed by atoms with Gasteiger partial charge in [0, 0.05) is 0 Å². The average molecular weight is 539 g/mol. The van der Waals surface area contributed by atoms with E-state index in [4.69, 9.17) is 18.9 Å². The van der Waals surface area contributed by atoms with Crippen molar-refractivity contribution >= 4 is 23.8 Å². The number of ether oxygens (including phenoxy) is 4. The summed E-state index contributed by atoms with van der Waals surface area (Å²) >= 11 is 0. The number of rotatable bonds is 17. The van der Waals surface area contributed by atoms with Crippen molar-refractivity contribution in [2.24, 2.45) is 10.2 Å². The van der Waals surface area contributed by atoms with Crippen LogP contribution in [0.5, 0.6) is 11.5 Å². The second-order valence-corrected chi connectivity index (χ2v) is 8.53. The highest BCUT2D eigenvalue weighted by atomic mass is 16.6. The molecule has 0 atom stereocenters. The summed E-state index contributed by atoms with van der Waals surface area (Å²) in [5, 5.41) is 8.48. The molecule has 0 unspecified atom stereocenters. The molecule has 0 aliphatic heterocycles. The number of nitrogens with one attached hydrogen (secondary N) is 2. The van der Waals surface area contributed by atoms with E-state index >= 15 is 0 Å². The predicted molar refractivity (Wildman–Crippen MR) is 161 cm³/mol. The first kappa shape index (κ1) is 28.4. The molecule has 0 bridgehead atoms. The van der Waals surface area contributed by atoms with E-state index in [-0.39, 0.29) is 0 Å². The number of hydrogen-bond acceptors (Lipinski definition) is 8. The number of hydrogen-bond donors (Lipinski definition) is 2. The Bertz CT molecular complexity index is 1180. The summed E-state index contributed by atoms with van der Waals surface area (Å²) in [7, 11) is 0. The van der Waals surface area contributed by atoms with Gasteiger partial charge in [-0.1, -0.05) is 36.4 Å². The zero-order chi connectivity index (χ0) is 27.5. The minimum atomic E-state index is 0.467. The lowest BCUT2D eigenvalue weighted by molar-refractivity contribution is 0.0273. The van der Waals surface area contributed by atoms with Crippen LogP contribution < -0.4 is 20.3 Å². The molecule has 40 heavy (non-hydrogen) atoms. The SMILES string of the molecule is C(=NNc1ccccc1)c1ccc(OCCOCCOCCOc2ccc(C=NNc3ccccc3)cc2)cc1. The molecule has 8 nitrogen and oxygen atoms in total. The van der Waals surface area contributed by atoms with Crippen molar-refractivity contribution in [1.29, 1.82) is 0 Å². The van der Waals surface area contributed by atoms with Gasteiger partial charge in [-0.05, 0) is 83.9 Å². The van der Waals surface area contributed by atoms with Crippen molar-refractivity contribution in [3.63, 3.8) is 0 Å². The molecule has 4 aromatic rings. The summed E-state index contributed by atoms with van der Waals surface area (Å²) in [6.45, 7) is 2.90. The van der Waals surface area contributed by atoms with Crippen LogP contribution in [0.1, 0.15) is 11.1 Å². The summed E-state index contributed by atoms with van der Waals surface area (Å²) in [5.74, 6) is 1.57. The largest absolute Gasteiger partial charge is 0.491 e. The van der Waals surface area contributed by atoms with Crippen molar-refractivity contribution in [3.8, 4) is 11.5 Å². The fourth-order valence-corrected chi connectivity index (χ4v) is 3.45. The first-order valence-electron chi connectivity index (χ1n) is 13.1. The number of nitrogens with zero attached hydrogens (tertiary/aromatic N) is 2. The van der Waals surface area contributed by atoms with Gasteiger partial charge in [0.25, 0.3) is 0 Å². The number of benzene rings is 4. The summed E-state index contributed by atoms with van der Waals surface area (Å²) in [4.78, 5) is 0. The monoisotopic (exact) mass is 538 g/mol. The number of para-hydroxylation sites is 2. The molecule has 0 saturated carbocycles. The molecule has 0 radical (unpaired) electrons. The minimum absolute atomic E-state index is 0.467. The van der Waals surface area contributed by atoms with Gasteiger partial charge in [0.1, 0.15) is 24.7 Å². The summed E-state index contributed by atoms with van der Waals surface area (Å²) in [6, 6.07) is 35.1. The minimum Gasteiger partial charge on any atom is -0.491 e. The Labute approximate surface area is 235 Å². The van der Waals surface area contributed by atoms with Gasteiger partial charge in [-0.2, -0.15) is 10.2 Å². The normalized spacial score (nSPS) is 11.1. The number of hydrazone groups is 2. The standard InChI is InChI=1S/C32H34N4O4/c1-3-7-29(8-4-1)35-33-25-27-11-15-31(16-12-27)39-23-21-37-19-20-38-22-24-40-32-17-13-28(14-18-32)26-34-36-30-9-5-2-6-10-30/h1-18,25-26,35-36H,19-24H2. The second-order valence-electron chi connectivity index (χ2n) is 8.53. The Morgan fingerprint density at radius 3 is 1.23 bits per heavy atom. The van der Waals surface area contributed by atoms with Crippen LogP contribution in [0.25, 0.3) is 0 Å². The Morgan fingerprint density at radius 1 is 0.450 bits per heavy atom. The van der Waals surface area contributed by atoms with Gasteiger partial charge < -0.3 is 18.9 Å². The van der Waals surface area contributed by atoms with Crippen molar-refractivity contribution in [2.45, 2.75) is 0 Å². The molecule has 4 rings (SSSR count). The van der Waals surface area contributed by atoms with Crippen LogP contribution in [0, 0.1) is 0 Å². The fraction of sp³-hybridized carbons (Fsp3) is 0.188.